The summed E-state index contributed by atoms with van der Waals surface area (Å²) in [7, 11) is 0. The largest absolute Gasteiger partial charge is 0.439 e. The minimum Gasteiger partial charge on any atom is -0.430 e. The molecule has 0 saturated heterocycles. The van der Waals surface area contributed by atoms with Crippen molar-refractivity contribution < 1.29 is 31.1 Å². The van der Waals surface area contributed by atoms with Crippen molar-refractivity contribution in [2.24, 2.45) is 11.8 Å². The van der Waals surface area contributed by atoms with Gasteiger partial charge in [0.15, 0.2) is 0 Å². The number of unbranched alkanes of at least 4 members (excludes halogenated alkanes) is 1. The van der Waals surface area contributed by atoms with Crippen LogP contribution in [0.3, 0.4) is 0 Å². The van der Waals surface area contributed by atoms with E-state index in [2.05, 4.69) is 23.8 Å². The summed E-state index contributed by atoms with van der Waals surface area (Å²) in [5, 5.41) is 0. The average molecular weight is 485 g/mol. The first-order valence-electron chi connectivity index (χ1n) is 11.7. The number of benzene rings is 2. The van der Waals surface area contributed by atoms with E-state index in [1.807, 2.05) is 24.3 Å². The molecule has 1 aliphatic carbocycles. The molecule has 0 spiro atoms. The van der Waals surface area contributed by atoms with Crippen LogP contribution in [0, 0.1) is 11.8 Å². The van der Waals surface area contributed by atoms with Crippen LogP contribution < -0.4 is 4.74 Å². The van der Waals surface area contributed by atoms with Crippen LogP contribution in [0.25, 0.3) is 17.2 Å². The van der Waals surface area contributed by atoms with E-state index in [0.29, 0.717) is 11.5 Å². The number of ether oxygens (including phenoxy) is 1. The molecule has 186 valence electrons. The lowest BCUT2D eigenvalue weighted by atomic mass is 9.79. The van der Waals surface area contributed by atoms with Gasteiger partial charge in [0.1, 0.15) is 5.75 Å². The van der Waals surface area contributed by atoms with Crippen molar-refractivity contribution in [3.8, 4) is 16.9 Å². The van der Waals surface area contributed by atoms with Crippen LogP contribution in [0.5, 0.6) is 5.75 Å². The molecular formula is C27H30F6O. The van der Waals surface area contributed by atoms with Crippen LogP contribution in [0.1, 0.15) is 57.4 Å². The summed E-state index contributed by atoms with van der Waals surface area (Å²) in [5.41, 5.74) is 2.53. The summed E-state index contributed by atoms with van der Waals surface area (Å²) in [5.74, 6) is 0.920. The van der Waals surface area contributed by atoms with Gasteiger partial charge in [0.2, 0.25) is 0 Å². The molecule has 1 fully saturated rings. The fourth-order valence-corrected chi connectivity index (χ4v) is 4.31. The van der Waals surface area contributed by atoms with Gasteiger partial charge in [-0.15, -0.1) is 0 Å². The molecule has 1 saturated carbocycles. The van der Waals surface area contributed by atoms with Crippen LogP contribution in [-0.4, -0.2) is 18.5 Å². The minimum atomic E-state index is -5.71. The maximum absolute atomic E-state index is 13.4. The molecule has 3 rings (SSSR count). The first-order valence-corrected chi connectivity index (χ1v) is 11.7. The maximum atomic E-state index is 13.4. The van der Waals surface area contributed by atoms with E-state index < -0.39 is 24.2 Å². The standard InChI is InChI=1S/C27H30F6O/c1-2-3-4-19-5-7-20(8-6-19)9-10-21-11-13-22(14-12-21)23-15-17-24(18-16-23)34-27(32,33)25(28)26(29,30)31/h9-20,25H,2-8H2,1H3/b10-9+. The van der Waals surface area contributed by atoms with E-state index in [0.717, 1.165) is 29.2 Å². The van der Waals surface area contributed by atoms with Gasteiger partial charge >= 0.3 is 12.3 Å². The molecule has 34 heavy (non-hydrogen) atoms. The molecule has 1 aliphatic rings. The highest BCUT2D eigenvalue weighted by molar-refractivity contribution is 5.66. The molecule has 2 aromatic carbocycles. The normalized spacial score (nSPS) is 20.4. The van der Waals surface area contributed by atoms with Crippen molar-refractivity contribution >= 4 is 6.08 Å². The van der Waals surface area contributed by atoms with Gasteiger partial charge in [-0.1, -0.05) is 74.7 Å². The molecule has 0 aromatic heterocycles. The molecule has 0 aliphatic heterocycles. The molecule has 7 heteroatoms. The van der Waals surface area contributed by atoms with Gasteiger partial charge < -0.3 is 4.74 Å². The Labute approximate surface area is 196 Å². The number of allylic oxidation sites excluding steroid dienone is 1. The Balaban J connectivity index is 1.55. The zero-order valence-electron chi connectivity index (χ0n) is 19.1. The maximum Gasteiger partial charge on any atom is 0.439 e. The number of halogens is 6. The van der Waals surface area contributed by atoms with Crippen LogP contribution >= 0.6 is 0 Å². The SMILES string of the molecule is CCCCC1CCC(/C=C/c2ccc(-c3ccc(OC(F)(F)C(F)C(F)(F)F)cc3)cc2)CC1. The lowest BCUT2D eigenvalue weighted by Crippen LogP contribution is -2.45. The molecule has 1 atom stereocenters. The zero-order chi connectivity index (χ0) is 24.8. The Bertz CT molecular complexity index is 910. The summed E-state index contributed by atoms with van der Waals surface area (Å²) < 4.78 is 80.5. The third kappa shape index (κ3) is 7.28. The lowest BCUT2D eigenvalue weighted by molar-refractivity contribution is -0.304. The molecule has 2 aromatic rings. The molecule has 1 nitrogen and oxygen atoms in total. The van der Waals surface area contributed by atoms with E-state index in [-0.39, 0.29) is 0 Å². The monoisotopic (exact) mass is 484 g/mol. The summed E-state index contributed by atoms with van der Waals surface area (Å²) in [6.07, 6.45) is -1.79. The number of rotatable bonds is 9. The second-order valence-corrected chi connectivity index (χ2v) is 9.00. The van der Waals surface area contributed by atoms with Gasteiger partial charge in [-0.25, -0.2) is 4.39 Å². The minimum absolute atomic E-state index is 0.551. The van der Waals surface area contributed by atoms with Crippen molar-refractivity contribution in [3.63, 3.8) is 0 Å². The molecule has 0 N–H and O–H groups in total. The first-order chi connectivity index (χ1) is 16.1. The second kappa shape index (κ2) is 11.3. The lowest BCUT2D eigenvalue weighted by Gasteiger charge is -2.26. The van der Waals surface area contributed by atoms with E-state index in [1.165, 1.54) is 57.1 Å². The third-order valence-corrected chi connectivity index (χ3v) is 6.35. The van der Waals surface area contributed by atoms with Crippen LogP contribution in [0.2, 0.25) is 0 Å². The third-order valence-electron chi connectivity index (χ3n) is 6.35. The van der Waals surface area contributed by atoms with Crippen molar-refractivity contribution in [1.82, 2.24) is 0 Å². The summed E-state index contributed by atoms with van der Waals surface area (Å²) in [6.45, 7) is 2.23. The molecule has 0 amide bonds. The highest BCUT2D eigenvalue weighted by Crippen LogP contribution is 2.37. The molecule has 0 bridgehead atoms. The van der Waals surface area contributed by atoms with Crippen molar-refractivity contribution in [3.05, 3.63) is 60.2 Å². The summed E-state index contributed by atoms with van der Waals surface area (Å²) in [6, 6.07) is 12.7. The zero-order valence-corrected chi connectivity index (χ0v) is 19.1. The summed E-state index contributed by atoms with van der Waals surface area (Å²) in [4.78, 5) is 0. The Morgan fingerprint density at radius 3 is 1.97 bits per heavy atom. The van der Waals surface area contributed by atoms with Gasteiger partial charge in [-0.2, -0.15) is 22.0 Å². The Morgan fingerprint density at radius 1 is 0.882 bits per heavy atom. The van der Waals surface area contributed by atoms with Gasteiger partial charge in [0.25, 0.3) is 6.17 Å². The van der Waals surface area contributed by atoms with E-state index in [1.54, 1.807) is 0 Å². The Kier molecular flexibility index (Phi) is 8.72. The van der Waals surface area contributed by atoms with Crippen LogP contribution in [-0.2, 0) is 0 Å². The average Bonchev–Trinajstić information content (AvgIpc) is 2.81. The van der Waals surface area contributed by atoms with Crippen LogP contribution in [0.4, 0.5) is 26.3 Å². The van der Waals surface area contributed by atoms with Crippen LogP contribution in [0.15, 0.2) is 54.6 Å². The molecule has 1 unspecified atom stereocenters. The number of hydrogen-bond acceptors (Lipinski definition) is 1. The van der Waals surface area contributed by atoms with Crippen molar-refractivity contribution in [2.75, 3.05) is 0 Å². The fourth-order valence-electron chi connectivity index (χ4n) is 4.31. The van der Waals surface area contributed by atoms with Gasteiger partial charge in [0, 0.05) is 0 Å². The van der Waals surface area contributed by atoms with Gasteiger partial charge in [0.05, 0.1) is 0 Å². The topological polar surface area (TPSA) is 9.23 Å². The smallest absolute Gasteiger partial charge is 0.430 e. The Hall–Kier alpha value is -2.44. The summed E-state index contributed by atoms with van der Waals surface area (Å²) >= 11 is 0. The molecule has 0 radical (unpaired) electrons. The van der Waals surface area contributed by atoms with Crippen molar-refractivity contribution in [2.45, 2.75) is 70.3 Å². The quantitative estimate of drug-likeness (QED) is 0.322. The number of hydrogen-bond donors (Lipinski definition) is 0. The number of alkyl halides is 6. The molecule has 0 heterocycles. The van der Waals surface area contributed by atoms with E-state index >= 15 is 0 Å². The Morgan fingerprint density at radius 2 is 1.44 bits per heavy atom. The van der Waals surface area contributed by atoms with Crippen molar-refractivity contribution in [1.29, 1.82) is 0 Å². The second-order valence-electron chi connectivity index (χ2n) is 9.00. The van der Waals surface area contributed by atoms with E-state index in [4.69, 9.17) is 0 Å². The highest BCUT2D eigenvalue weighted by Gasteiger charge is 2.59. The predicted molar refractivity (Wildman–Crippen MR) is 122 cm³/mol. The highest BCUT2D eigenvalue weighted by atomic mass is 19.4. The molecular weight excluding hydrogens is 454 g/mol. The predicted octanol–water partition coefficient (Wildman–Crippen LogP) is 9.24. The first kappa shape index (κ1) is 26.2. The van der Waals surface area contributed by atoms with E-state index in [9.17, 15) is 26.3 Å². The van der Waals surface area contributed by atoms with Gasteiger partial charge in [-0.05, 0) is 66.3 Å². The van der Waals surface area contributed by atoms with Gasteiger partial charge in [-0.3, -0.25) is 0 Å². The fraction of sp³-hybridized carbons (Fsp3) is 0.481.